The summed E-state index contributed by atoms with van der Waals surface area (Å²) in [6.07, 6.45) is -7.05. The molecule has 41 heavy (non-hydrogen) atoms. The van der Waals surface area contributed by atoms with Crippen LogP contribution in [0.15, 0.2) is 61.1 Å². The number of anilines is 2. The number of urea groups is 1. The van der Waals surface area contributed by atoms with Gasteiger partial charge in [-0.25, -0.2) is 19.2 Å². The van der Waals surface area contributed by atoms with E-state index in [0.29, 0.717) is 43.8 Å². The van der Waals surface area contributed by atoms with E-state index in [1.807, 2.05) is 4.90 Å². The fourth-order valence-corrected chi connectivity index (χ4v) is 4.70. The minimum atomic E-state index is -5.93. The predicted octanol–water partition coefficient (Wildman–Crippen LogP) is 6.03. The molecule has 0 spiro atoms. The van der Waals surface area contributed by atoms with E-state index < -0.39 is 35.4 Å². The lowest BCUT2D eigenvalue weighted by Crippen LogP contribution is -2.53. The molecule has 0 aliphatic carbocycles. The second-order valence-electron chi connectivity index (χ2n) is 9.81. The maximum absolute atomic E-state index is 14.6. The van der Waals surface area contributed by atoms with Crippen LogP contribution in [-0.2, 0) is 18.6 Å². The molecule has 1 fully saturated rings. The topological polar surface area (TPSA) is 90.4 Å². The van der Waals surface area contributed by atoms with E-state index >= 15 is 0 Å². The minimum absolute atomic E-state index is 0.00468. The van der Waals surface area contributed by atoms with Crippen LogP contribution in [0, 0.1) is 11.7 Å². The number of benzene rings is 2. The van der Waals surface area contributed by atoms with Crippen molar-refractivity contribution < 1.29 is 40.6 Å². The highest BCUT2D eigenvalue weighted by atomic mass is 19.4. The second-order valence-corrected chi connectivity index (χ2v) is 9.81. The minimum Gasteiger partial charge on any atom is -0.369 e. The summed E-state index contributed by atoms with van der Waals surface area (Å²) < 4.78 is 93.2. The smallest absolute Gasteiger partial charge is 0.369 e. The monoisotopic (exact) mass is 585 g/mol. The third-order valence-corrected chi connectivity index (χ3v) is 6.94. The molecule has 2 heterocycles. The van der Waals surface area contributed by atoms with Crippen LogP contribution in [0.5, 0.6) is 0 Å². The Bertz CT molecular complexity index is 1310. The first kappa shape index (κ1) is 30.2. The summed E-state index contributed by atoms with van der Waals surface area (Å²) in [4.78, 5) is 21.7. The number of hydrogen-bond donors (Lipinski definition) is 3. The molecule has 2 aromatic carbocycles. The van der Waals surface area contributed by atoms with Crippen molar-refractivity contribution in [3.05, 3.63) is 83.6 Å². The van der Waals surface area contributed by atoms with Crippen molar-refractivity contribution in [2.24, 2.45) is 5.92 Å². The molecule has 0 unspecified atom stereocenters. The Kier molecular flexibility index (Phi) is 8.83. The fraction of sp³-hybridized carbons (Fsp3) is 0.370. The van der Waals surface area contributed by atoms with Gasteiger partial charge in [0, 0.05) is 18.3 Å². The molecule has 3 aromatic rings. The number of alkyl halides is 6. The largest absolute Gasteiger partial charge is 0.430 e. The molecule has 2 amide bonds. The van der Waals surface area contributed by atoms with Crippen LogP contribution in [0.1, 0.15) is 29.5 Å². The van der Waals surface area contributed by atoms with Gasteiger partial charge >= 0.3 is 18.4 Å². The highest BCUT2D eigenvalue weighted by Gasteiger charge is 2.71. The van der Waals surface area contributed by atoms with Crippen LogP contribution in [0.4, 0.5) is 47.0 Å². The van der Waals surface area contributed by atoms with E-state index in [9.17, 15) is 40.6 Å². The van der Waals surface area contributed by atoms with Crippen LogP contribution in [-0.4, -0.2) is 51.4 Å². The summed E-state index contributed by atoms with van der Waals surface area (Å²) in [5.74, 6) is -0.0985. The van der Waals surface area contributed by atoms with Gasteiger partial charge in [-0.3, -0.25) is 10.2 Å². The van der Waals surface area contributed by atoms with E-state index in [-0.39, 0.29) is 17.4 Å². The lowest BCUT2D eigenvalue weighted by atomic mass is 9.89. The quantitative estimate of drug-likeness (QED) is 0.295. The molecule has 1 aromatic heterocycles. The Morgan fingerprint density at radius 3 is 2.12 bits per heavy atom. The molecule has 0 bridgehead atoms. The number of piperidine rings is 1. The summed E-state index contributed by atoms with van der Waals surface area (Å²) in [7, 11) is 0. The van der Waals surface area contributed by atoms with Crippen LogP contribution < -0.4 is 10.6 Å². The zero-order chi connectivity index (χ0) is 29.8. The molecular formula is C27H26F7N5O2. The zero-order valence-electron chi connectivity index (χ0n) is 21.4. The number of nitrogens with one attached hydrogen (secondary N) is 2. The molecule has 3 N–H and O–H groups in total. The summed E-state index contributed by atoms with van der Waals surface area (Å²) in [5.41, 5.74) is -4.98. The van der Waals surface area contributed by atoms with E-state index in [0.717, 1.165) is 30.5 Å². The summed E-state index contributed by atoms with van der Waals surface area (Å²) in [6.45, 7) is 1.58. The van der Waals surface area contributed by atoms with Gasteiger partial charge in [-0.05, 0) is 67.6 Å². The molecular weight excluding hydrogens is 559 g/mol. The molecule has 4 rings (SSSR count). The van der Waals surface area contributed by atoms with E-state index in [2.05, 4.69) is 20.6 Å². The second kappa shape index (κ2) is 12.0. The van der Waals surface area contributed by atoms with Crippen LogP contribution in [0.2, 0.25) is 0 Å². The number of carbonyl (C=O) groups is 1. The van der Waals surface area contributed by atoms with Crippen molar-refractivity contribution in [2.75, 3.05) is 23.7 Å². The SMILES string of the molecule is O=C(Nc1ccncn1)Nc1ccc(CC2CCN(Cc3ccc(C(O)(C(F)(F)F)C(F)(F)F)cc3)CC2)cc1F. The number of nitrogens with zero attached hydrogens (tertiary/aromatic N) is 3. The molecule has 0 radical (unpaired) electrons. The van der Waals surface area contributed by atoms with E-state index in [4.69, 9.17) is 0 Å². The van der Waals surface area contributed by atoms with Gasteiger partial charge < -0.3 is 10.4 Å². The first-order valence-corrected chi connectivity index (χ1v) is 12.6. The third-order valence-electron chi connectivity index (χ3n) is 6.94. The van der Waals surface area contributed by atoms with Crippen molar-refractivity contribution in [1.82, 2.24) is 14.9 Å². The molecule has 0 saturated carbocycles. The van der Waals surface area contributed by atoms with Crippen molar-refractivity contribution in [2.45, 2.75) is 43.8 Å². The number of rotatable bonds is 7. The van der Waals surface area contributed by atoms with Gasteiger partial charge in [0.15, 0.2) is 0 Å². The van der Waals surface area contributed by atoms with Gasteiger partial charge in [0.25, 0.3) is 5.60 Å². The first-order valence-electron chi connectivity index (χ1n) is 12.6. The maximum atomic E-state index is 14.6. The third kappa shape index (κ3) is 7.11. The Balaban J connectivity index is 1.28. The van der Waals surface area contributed by atoms with Crippen molar-refractivity contribution in [3.8, 4) is 0 Å². The van der Waals surface area contributed by atoms with Gasteiger partial charge in [-0.15, -0.1) is 0 Å². The Labute approximate surface area is 230 Å². The van der Waals surface area contributed by atoms with E-state index in [1.54, 1.807) is 6.07 Å². The molecule has 7 nitrogen and oxygen atoms in total. The highest BCUT2D eigenvalue weighted by Crippen LogP contribution is 2.50. The van der Waals surface area contributed by atoms with Gasteiger partial charge in [0.2, 0.25) is 0 Å². The summed E-state index contributed by atoms with van der Waals surface area (Å²) >= 11 is 0. The van der Waals surface area contributed by atoms with Gasteiger partial charge in [0.1, 0.15) is 18.0 Å². The van der Waals surface area contributed by atoms with Crippen LogP contribution in [0.25, 0.3) is 0 Å². The standard InChI is InChI=1S/C27H26F7N5O2/c28-21-14-19(3-6-22(21)37-24(40)38-23-7-10-35-16-36-23)13-17-8-11-39(12-9-17)15-18-1-4-20(5-2-18)25(41,26(29,30)31)27(32,33)34/h1-7,10,14,16-17,41H,8-9,11-13,15H2,(H2,35,36,37,38,40). The maximum Gasteiger partial charge on any atom is 0.430 e. The number of amides is 2. The Morgan fingerprint density at radius 1 is 0.927 bits per heavy atom. The number of aliphatic hydroxyl groups is 1. The lowest BCUT2D eigenvalue weighted by molar-refractivity contribution is -0.376. The zero-order valence-corrected chi connectivity index (χ0v) is 21.4. The fourth-order valence-electron chi connectivity index (χ4n) is 4.70. The Hall–Kier alpha value is -3.78. The highest BCUT2D eigenvalue weighted by molar-refractivity contribution is 5.99. The number of carbonyl (C=O) groups excluding carboxylic acids is 1. The summed E-state index contributed by atoms with van der Waals surface area (Å²) in [6, 6.07) is 8.97. The molecule has 220 valence electrons. The number of aromatic nitrogens is 2. The average molecular weight is 586 g/mol. The first-order chi connectivity index (χ1) is 19.3. The summed E-state index contributed by atoms with van der Waals surface area (Å²) in [5, 5.41) is 14.4. The number of likely N-dealkylation sites (tertiary alicyclic amines) is 1. The Morgan fingerprint density at radius 2 is 1.56 bits per heavy atom. The molecule has 0 atom stereocenters. The average Bonchev–Trinajstić information content (AvgIpc) is 2.90. The molecule has 1 aliphatic heterocycles. The van der Waals surface area contributed by atoms with Gasteiger partial charge in [0.05, 0.1) is 5.69 Å². The van der Waals surface area contributed by atoms with Crippen molar-refractivity contribution >= 4 is 17.5 Å². The van der Waals surface area contributed by atoms with E-state index in [1.165, 1.54) is 30.7 Å². The van der Waals surface area contributed by atoms with Crippen LogP contribution in [0.3, 0.4) is 0 Å². The molecule has 1 aliphatic rings. The lowest BCUT2D eigenvalue weighted by Gasteiger charge is -2.33. The van der Waals surface area contributed by atoms with Gasteiger partial charge in [-0.2, -0.15) is 26.3 Å². The van der Waals surface area contributed by atoms with Crippen LogP contribution >= 0.6 is 0 Å². The number of halogens is 7. The molecule has 1 saturated heterocycles. The normalized spacial score (nSPS) is 15.5. The number of hydrogen-bond acceptors (Lipinski definition) is 5. The van der Waals surface area contributed by atoms with Crippen molar-refractivity contribution in [3.63, 3.8) is 0 Å². The molecule has 14 heteroatoms. The van der Waals surface area contributed by atoms with Crippen molar-refractivity contribution in [1.29, 1.82) is 0 Å². The predicted molar refractivity (Wildman–Crippen MR) is 135 cm³/mol. The van der Waals surface area contributed by atoms with Gasteiger partial charge in [-0.1, -0.05) is 30.3 Å².